The summed E-state index contributed by atoms with van der Waals surface area (Å²) in [7, 11) is 0. The van der Waals surface area contributed by atoms with Gasteiger partial charge in [-0.2, -0.15) is 0 Å². The fourth-order valence-electron chi connectivity index (χ4n) is 12.1. The molecular formula is C63H46N4. The molecule has 6 heterocycles. The molecule has 9 aromatic carbocycles. The van der Waals surface area contributed by atoms with Crippen molar-refractivity contribution in [3.8, 4) is 16.8 Å². The molecule has 0 fully saturated rings. The summed E-state index contributed by atoms with van der Waals surface area (Å²) < 4.78 is 7.48. The zero-order chi connectivity index (χ0) is 44.8. The van der Waals surface area contributed by atoms with Crippen molar-refractivity contribution in [3.63, 3.8) is 0 Å². The van der Waals surface area contributed by atoms with Crippen LogP contribution in [0, 0.1) is 0 Å². The molecule has 0 saturated heterocycles. The van der Waals surface area contributed by atoms with Crippen LogP contribution >= 0.6 is 0 Å². The van der Waals surface area contributed by atoms with Gasteiger partial charge in [0.2, 0.25) is 0 Å². The largest absolute Gasteiger partial charge is 0.309 e. The van der Waals surface area contributed by atoms with Crippen LogP contribution in [0.15, 0.2) is 170 Å². The van der Waals surface area contributed by atoms with E-state index in [1.54, 1.807) is 0 Å². The Kier molecular flexibility index (Phi) is 6.94. The van der Waals surface area contributed by atoms with Crippen molar-refractivity contribution in [2.24, 2.45) is 0 Å². The Morgan fingerprint density at radius 3 is 1.72 bits per heavy atom. The lowest BCUT2D eigenvalue weighted by molar-refractivity contribution is 0.591. The van der Waals surface area contributed by atoms with Gasteiger partial charge in [-0.1, -0.05) is 139 Å². The summed E-state index contributed by atoms with van der Waals surface area (Å²) in [4.78, 5) is 5.93. The molecule has 0 saturated carbocycles. The van der Waals surface area contributed by atoms with Gasteiger partial charge < -0.3 is 8.97 Å². The summed E-state index contributed by atoms with van der Waals surface area (Å²) in [5, 5.41) is 16.3. The van der Waals surface area contributed by atoms with Crippen LogP contribution in [0.3, 0.4) is 0 Å². The Morgan fingerprint density at radius 1 is 0.373 bits per heavy atom. The molecule has 318 valence electrons. The summed E-state index contributed by atoms with van der Waals surface area (Å²) in [6.07, 6.45) is 0. The van der Waals surface area contributed by atoms with Crippen molar-refractivity contribution < 1.29 is 0 Å². The number of rotatable bonds is 2. The Labute approximate surface area is 386 Å². The first-order chi connectivity index (χ1) is 32.5. The van der Waals surface area contributed by atoms with Gasteiger partial charge in [-0.15, -0.1) is 0 Å². The normalized spacial score (nSPS) is 13.2. The number of nitrogens with zero attached hydrogens (tertiary/aromatic N) is 4. The molecule has 4 heteroatoms. The first-order valence-corrected chi connectivity index (χ1v) is 23.7. The minimum atomic E-state index is -0.0831. The van der Waals surface area contributed by atoms with E-state index in [9.17, 15) is 0 Å². The first-order valence-electron chi connectivity index (χ1n) is 23.7. The van der Waals surface area contributed by atoms with Crippen LogP contribution in [0.25, 0.3) is 137 Å². The van der Waals surface area contributed by atoms with Crippen molar-refractivity contribution in [2.75, 3.05) is 0 Å². The standard InChI is InChI=1S/C63H46N4/c1-62(2,3)38-25-27-53-50(31-38)55-41-20-12-10-16-35(41)30-47-49-34-54-57(64-61(49)67(53)59(47)55)56-42-21-13-11-17-36(42)29-46-48-33-39(63(4,5)6)32-44(58(48)66(54)60(46)56)37-24-26-52-45(28-37)43-22-14-15-23-51(43)65(52)40-18-8-7-9-19-40/h7-34H,1-6H3. The lowest BCUT2D eigenvalue weighted by Gasteiger charge is -2.21. The van der Waals surface area contributed by atoms with Gasteiger partial charge in [-0.25, -0.2) is 4.98 Å². The highest BCUT2D eigenvalue weighted by atomic mass is 15.0. The summed E-state index contributed by atoms with van der Waals surface area (Å²) in [5.41, 5.74) is 16.8. The van der Waals surface area contributed by atoms with Crippen LogP contribution in [0.4, 0.5) is 0 Å². The highest BCUT2D eigenvalue weighted by Crippen LogP contribution is 2.50. The van der Waals surface area contributed by atoms with E-state index >= 15 is 0 Å². The molecule has 0 radical (unpaired) electrons. The SMILES string of the molecule is CC(C)(C)c1ccc2c(c1)c1c3ccccc3cc3c4cc5c(nc4n2c31)c1c2ccccc2cc2c3cc(C(C)(C)C)cc(-c4ccc6c(c4)c4ccccc4n6-c4ccccc4)c3n5c21. The highest BCUT2D eigenvalue weighted by Gasteiger charge is 2.29. The fourth-order valence-corrected chi connectivity index (χ4v) is 12.1. The first kappa shape index (κ1) is 37.3. The molecule has 6 aromatic heterocycles. The second kappa shape index (κ2) is 12.5. The van der Waals surface area contributed by atoms with Gasteiger partial charge in [0.25, 0.3) is 0 Å². The minimum Gasteiger partial charge on any atom is -0.309 e. The van der Waals surface area contributed by atoms with Crippen molar-refractivity contribution in [2.45, 2.75) is 52.4 Å². The van der Waals surface area contributed by atoms with Gasteiger partial charge in [0, 0.05) is 59.7 Å². The van der Waals surface area contributed by atoms with Gasteiger partial charge in [-0.05, 0) is 122 Å². The maximum absolute atomic E-state index is 5.93. The summed E-state index contributed by atoms with van der Waals surface area (Å²) in [6.45, 7) is 14.0. The van der Waals surface area contributed by atoms with Crippen LogP contribution in [0.2, 0.25) is 0 Å². The highest BCUT2D eigenvalue weighted by molar-refractivity contribution is 6.35. The molecule has 0 aliphatic rings. The predicted molar refractivity (Wildman–Crippen MR) is 286 cm³/mol. The number of aromatic nitrogens is 4. The number of hydrogen-bond donors (Lipinski definition) is 0. The number of fused-ring (bicyclic) bond motifs is 19. The quantitative estimate of drug-likeness (QED) is 0.170. The van der Waals surface area contributed by atoms with Crippen LogP contribution < -0.4 is 0 Å². The molecule has 0 bridgehead atoms. The second-order valence-electron chi connectivity index (χ2n) is 21.2. The van der Waals surface area contributed by atoms with E-state index in [4.69, 9.17) is 4.98 Å². The van der Waals surface area contributed by atoms with E-state index in [0.717, 1.165) is 16.7 Å². The Bertz CT molecular complexity index is 4620. The second-order valence-corrected chi connectivity index (χ2v) is 21.2. The average Bonchev–Trinajstić information content (AvgIpc) is 4.12. The molecule has 0 N–H and O–H groups in total. The maximum Gasteiger partial charge on any atom is 0.146 e. The van der Waals surface area contributed by atoms with Crippen molar-refractivity contribution in [1.82, 2.24) is 18.4 Å². The number of hydrogen-bond acceptors (Lipinski definition) is 1. The third-order valence-corrected chi connectivity index (χ3v) is 15.3. The zero-order valence-corrected chi connectivity index (χ0v) is 38.5. The Hall–Kier alpha value is -7.95. The van der Waals surface area contributed by atoms with Crippen LogP contribution in [-0.4, -0.2) is 18.4 Å². The number of para-hydroxylation sites is 2. The average molecular weight is 859 g/mol. The molecule has 0 unspecified atom stereocenters. The molecule has 0 atom stereocenters. The summed E-state index contributed by atoms with van der Waals surface area (Å²) >= 11 is 0. The van der Waals surface area contributed by atoms with E-state index in [2.05, 4.69) is 225 Å². The van der Waals surface area contributed by atoms with Crippen molar-refractivity contribution in [1.29, 1.82) is 0 Å². The van der Waals surface area contributed by atoms with E-state index in [0.29, 0.717) is 0 Å². The molecule has 4 nitrogen and oxygen atoms in total. The van der Waals surface area contributed by atoms with Gasteiger partial charge in [0.05, 0.1) is 44.1 Å². The van der Waals surface area contributed by atoms with E-state index < -0.39 is 0 Å². The van der Waals surface area contributed by atoms with Gasteiger partial charge in [0.1, 0.15) is 5.65 Å². The number of pyridine rings is 1. The van der Waals surface area contributed by atoms with Crippen molar-refractivity contribution >= 4 is 120 Å². The fraction of sp³-hybridized carbons (Fsp3) is 0.127. The molecule has 67 heavy (non-hydrogen) atoms. The van der Waals surface area contributed by atoms with Crippen LogP contribution in [0.5, 0.6) is 0 Å². The van der Waals surface area contributed by atoms with Gasteiger partial charge in [-0.3, -0.25) is 4.40 Å². The molecule has 0 aliphatic carbocycles. The van der Waals surface area contributed by atoms with Crippen LogP contribution in [0.1, 0.15) is 52.7 Å². The number of benzene rings is 9. The third kappa shape index (κ3) is 4.79. The van der Waals surface area contributed by atoms with E-state index in [1.807, 2.05) is 0 Å². The molecule has 15 aromatic rings. The Balaban J connectivity index is 1.13. The van der Waals surface area contributed by atoms with E-state index in [1.165, 1.54) is 131 Å². The van der Waals surface area contributed by atoms with Crippen molar-refractivity contribution in [3.05, 3.63) is 181 Å². The third-order valence-electron chi connectivity index (χ3n) is 15.3. The lowest BCUT2D eigenvalue weighted by Crippen LogP contribution is -2.11. The zero-order valence-electron chi connectivity index (χ0n) is 38.5. The summed E-state index contributed by atoms with van der Waals surface area (Å²) in [5.74, 6) is 0. The summed E-state index contributed by atoms with van der Waals surface area (Å²) in [6, 6.07) is 64.1. The topological polar surface area (TPSA) is 26.6 Å². The maximum atomic E-state index is 5.93. The molecule has 0 spiro atoms. The predicted octanol–water partition coefficient (Wildman–Crippen LogP) is 17.0. The molecule has 15 rings (SSSR count). The smallest absolute Gasteiger partial charge is 0.146 e. The van der Waals surface area contributed by atoms with Crippen LogP contribution in [-0.2, 0) is 10.8 Å². The molecular weight excluding hydrogens is 813 g/mol. The van der Waals surface area contributed by atoms with E-state index in [-0.39, 0.29) is 10.8 Å². The Morgan fingerprint density at radius 2 is 0.970 bits per heavy atom. The monoisotopic (exact) mass is 858 g/mol. The van der Waals surface area contributed by atoms with Gasteiger partial charge >= 0.3 is 0 Å². The minimum absolute atomic E-state index is 0.0202. The van der Waals surface area contributed by atoms with Gasteiger partial charge in [0.15, 0.2) is 0 Å². The molecule has 0 amide bonds. The lowest BCUT2D eigenvalue weighted by atomic mass is 9.84. The molecule has 0 aliphatic heterocycles.